The second-order valence-electron chi connectivity index (χ2n) is 3.80. The molecule has 0 aromatic heterocycles. The molecule has 64 valence electrons. The summed E-state index contributed by atoms with van der Waals surface area (Å²) in [5.41, 5.74) is 0. The Kier molecular flexibility index (Phi) is 2.14. The second-order valence-corrected chi connectivity index (χ2v) is 3.80. The highest BCUT2D eigenvalue weighted by Crippen LogP contribution is 2.36. The Morgan fingerprint density at radius 1 is 1.18 bits per heavy atom. The van der Waals surface area contributed by atoms with Crippen molar-refractivity contribution in [1.29, 1.82) is 0 Å². The van der Waals surface area contributed by atoms with Crippen molar-refractivity contribution in [2.24, 2.45) is 0 Å². The lowest BCUT2D eigenvalue weighted by Gasteiger charge is -2.20. The van der Waals surface area contributed by atoms with E-state index in [4.69, 9.17) is 0 Å². The van der Waals surface area contributed by atoms with E-state index in [2.05, 4.69) is 10.2 Å². The first kappa shape index (κ1) is 7.56. The lowest BCUT2D eigenvalue weighted by molar-refractivity contribution is 0.255. The van der Waals surface area contributed by atoms with Gasteiger partial charge in [0.15, 0.2) is 0 Å². The molecule has 0 aromatic carbocycles. The molecule has 0 saturated carbocycles. The molecule has 2 saturated heterocycles. The first-order valence-corrected chi connectivity index (χ1v) is 4.82. The van der Waals surface area contributed by atoms with Gasteiger partial charge >= 0.3 is 0 Å². The van der Waals surface area contributed by atoms with Crippen molar-refractivity contribution in [3.8, 4) is 0 Å². The van der Waals surface area contributed by atoms with Crippen LogP contribution in [-0.4, -0.2) is 37.1 Å². The monoisotopic (exact) mass is 154 g/mol. The topological polar surface area (TPSA) is 15.3 Å². The predicted molar refractivity (Wildman–Crippen MR) is 46.7 cm³/mol. The van der Waals surface area contributed by atoms with Gasteiger partial charge in [-0.05, 0) is 32.7 Å². The standard InChI is InChI=1S/C9H18N2/c1-10-6-7-11-8-2-3-9(11)5-4-8/h8-10H,2-7H2,1H3. The number of fused-ring (bicyclic) bond motifs is 2. The van der Waals surface area contributed by atoms with Gasteiger partial charge in [-0.1, -0.05) is 0 Å². The van der Waals surface area contributed by atoms with E-state index in [1.54, 1.807) is 0 Å². The Bertz CT molecular complexity index is 116. The Hall–Kier alpha value is -0.0800. The zero-order valence-electron chi connectivity index (χ0n) is 7.34. The Balaban J connectivity index is 1.84. The first-order valence-electron chi connectivity index (χ1n) is 4.82. The maximum atomic E-state index is 3.22. The SMILES string of the molecule is CNCCN1C2CCC1CC2. The quantitative estimate of drug-likeness (QED) is 0.648. The van der Waals surface area contributed by atoms with Crippen LogP contribution in [0.25, 0.3) is 0 Å². The third-order valence-electron chi connectivity index (χ3n) is 3.22. The maximum Gasteiger partial charge on any atom is 0.0113 e. The molecule has 0 radical (unpaired) electrons. The molecule has 2 aliphatic heterocycles. The summed E-state index contributed by atoms with van der Waals surface area (Å²) < 4.78 is 0. The van der Waals surface area contributed by atoms with E-state index >= 15 is 0 Å². The van der Waals surface area contributed by atoms with Gasteiger partial charge in [-0.15, -0.1) is 0 Å². The molecule has 2 heterocycles. The molecule has 0 aromatic rings. The van der Waals surface area contributed by atoms with Crippen molar-refractivity contribution >= 4 is 0 Å². The molecule has 2 aliphatic rings. The van der Waals surface area contributed by atoms with Crippen LogP contribution in [0.2, 0.25) is 0 Å². The molecule has 11 heavy (non-hydrogen) atoms. The zero-order chi connectivity index (χ0) is 7.68. The van der Waals surface area contributed by atoms with Crippen molar-refractivity contribution in [3.05, 3.63) is 0 Å². The fourth-order valence-corrected chi connectivity index (χ4v) is 2.63. The lowest BCUT2D eigenvalue weighted by atomic mass is 10.0. The third-order valence-corrected chi connectivity index (χ3v) is 3.22. The molecule has 2 nitrogen and oxygen atoms in total. The fraction of sp³-hybridized carbons (Fsp3) is 1.00. The first-order chi connectivity index (χ1) is 5.42. The number of hydrogen-bond acceptors (Lipinski definition) is 2. The number of nitrogens with zero attached hydrogens (tertiary/aromatic N) is 1. The van der Waals surface area contributed by atoms with E-state index in [0.717, 1.165) is 18.6 Å². The van der Waals surface area contributed by atoms with Crippen LogP contribution in [0.4, 0.5) is 0 Å². The van der Waals surface area contributed by atoms with Gasteiger partial charge in [0.05, 0.1) is 0 Å². The van der Waals surface area contributed by atoms with Crippen molar-refractivity contribution in [3.63, 3.8) is 0 Å². The summed E-state index contributed by atoms with van der Waals surface area (Å²) in [6.07, 6.45) is 5.87. The van der Waals surface area contributed by atoms with Gasteiger partial charge in [0.25, 0.3) is 0 Å². The van der Waals surface area contributed by atoms with Gasteiger partial charge in [-0.3, -0.25) is 4.90 Å². The third kappa shape index (κ3) is 1.30. The smallest absolute Gasteiger partial charge is 0.0113 e. The molecule has 2 heteroatoms. The van der Waals surface area contributed by atoms with Gasteiger partial charge in [0.2, 0.25) is 0 Å². The lowest BCUT2D eigenvalue weighted by Crippen LogP contribution is -2.34. The molecule has 0 aliphatic carbocycles. The van der Waals surface area contributed by atoms with E-state index in [1.165, 1.54) is 32.2 Å². The Morgan fingerprint density at radius 3 is 2.18 bits per heavy atom. The number of hydrogen-bond donors (Lipinski definition) is 1. The molecule has 0 unspecified atom stereocenters. The molecule has 2 bridgehead atoms. The van der Waals surface area contributed by atoms with Gasteiger partial charge in [-0.25, -0.2) is 0 Å². The van der Waals surface area contributed by atoms with E-state index in [1.807, 2.05) is 7.05 Å². The van der Waals surface area contributed by atoms with Gasteiger partial charge in [0.1, 0.15) is 0 Å². The molecule has 0 amide bonds. The zero-order valence-corrected chi connectivity index (χ0v) is 7.34. The van der Waals surface area contributed by atoms with Crippen molar-refractivity contribution in [1.82, 2.24) is 10.2 Å². The molecule has 1 N–H and O–H groups in total. The van der Waals surface area contributed by atoms with Crippen LogP contribution in [-0.2, 0) is 0 Å². The summed E-state index contributed by atoms with van der Waals surface area (Å²) in [4.78, 5) is 2.70. The Morgan fingerprint density at radius 2 is 1.73 bits per heavy atom. The van der Waals surface area contributed by atoms with Gasteiger partial charge in [-0.2, -0.15) is 0 Å². The minimum absolute atomic E-state index is 0.952. The largest absolute Gasteiger partial charge is 0.318 e. The van der Waals surface area contributed by atoms with Crippen LogP contribution in [0.1, 0.15) is 25.7 Å². The molecular formula is C9H18N2. The van der Waals surface area contributed by atoms with Crippen LogP contribution in [0.15, 0.2) is 0 Å². The molecule has 2 fully saturated rings. The van der Waals surface area contributed by atoms with Crippen LogP contribution in [0, 0.1) is 0 Å². The fourth-order valence-electron chi connectivity index (χ4n) is 2.63. The van der Waals surface area contributed by atoms with Gasteiger partial charge in [0, 0.05) is 25.2 Å². The van der Waals surface area contributed by atoms with Crippen LogP contribution < -0.4 is 5.32 Å². The average molecular weight is 154 g/mol. The summed E-state index contributed by atoms with van der Waals surface area (Å²) in [5, 5.41) is 3.22. The van der Waals surface area contributed by atoms with Crippen molar-refractivity contribution in [2.45, 2.75) is 37.8 Å². The summed E-state index contributed by atoms with van der Waals surface area (Å²) in [6, 6.07) is 1.90. The highest BCUT2D eigenvalue weighted by atomic mass is 15.2. The highest BCUT2D eigenvalue weighted by molar-refractivity contribution is 4.94. The molecular weight excluding hydrogens is 136 g/mol. The maximum absolute atomic E-state index is 3.22. The van der Waals surface area contributed by atoms with Gasteiger partial charge < -0.3 is 5.32 Å². The van der Waals surface area contributed by atoms with E-state index in [-0.39, 0.29) is 0 Å². The molecule has 2 rings (SSSR count). The number of likely N-dealkylation sites (N-methyl/N-ethyl adjacent to an activating group) is 1. The van der Waals surface area contributed by atoms with E-state index in [0.29, 0.717) is 0 Å². The van der Waals surface area contributed by atoms with E-state index < -0.39 is 0 Å². The van der Waals surface area contributed by atoms with Crippen LogP contribution in [0.3, 0.4) is 0 Å². The number of rotatable bonds is 3. The normalized spacial score (nSPS) is 36.8. The highest BCUT2D eigenvalue weighted by Gasteiger charge is 2.38. The minimum atomic E-state index is 0.952. The summed E-state index contributed by atoms with van der Waals surface area (Å²) in [5.74, 6) is 0. The molecule has 0 spiro atoms. The number of nitrogens with one attached hydrogen (secondary N) is 1. The van der Waals surface area contributed by atoms with Crippen molar-refractivity contribution in [2.75, 3.05) is 20.1 Å². The Labute approximate surface area is 69.0 Å². The van der Waals surface area contributed by atoms with Crippen molar-refractivity contribution < 1.29 is 0 Å². The summed E-state index contributed by atoms with van der Waals surface area (Å²) in [6.45, 7) is 2.43. The van der Waals surface area contributed by atoms with Crippen LogP contribution >= 0.6 is 0 Å². The average Bonchev–Trinajstić information content (AvgIpc) is 2.59. The second kappa shape index (κ2) is 3.11. The summed E-state index contributed by atoms with van der Waals surface area (Å²) >= 11 is 0. The molecule has 0 atom stereocenters. The minimum Gasteiger partial charge on any atom is -0.318 e. The summed E-state index contributed by atoms with van der Waals surface area (Å²) in [7, 11) is 2.04. The predicted octanol–water partition coefficient (Wildman–Crippen LogP) is 0.833. The van der Waals surface area contributed by atoms with E-state index in [9.17, 15) is 0 Å². The van der Waals surface area contributed by atoms with Crippen LogP contribution in [0.5, 0.6) is 0 Å².